The zero-order valence-corrected chi connectivity index (χ0v) is 20.8. The van der Waals surface area contributed by atoms with Crippen molar-refractivity contribution in [2.75, 3.05) is 13.7 Å². The molecule has 0 aliphatic carbocycles. The fourth-order valence-electron chi connectivity index (χ4n) is 3.18. The molecule has 3 aromatic rings. The molecule has 33 heavy (non-hydrogen) atoms. The molecule has 0 amide bonds. The Morgan fingerprint density at radius 3 is 2.67 bits per heavy atom. The number of hydrogen-bond donors (Lipinski definition) is 0. The first-order valence-electron chi connectivity index (χ1n) is 10.5. The molecule has 1 aromatic heterocycles. The van der Waals surface area contributed by atoms with Crippen molar-refractivity contribution in [3.63, 3.8) is 0 Å². The zero-order valence-electron chi connectivity index (χ0n) is 19.2. The fraction of sp³-hybridized carbons (Fsp3) is 0.333. The highest BCUT2D eigenvalue weighted by Gasteiger charge is 2.20. The van der Waals surface area contributed by atoms with E-state index >= 15 is 0 Å². The molecular weight excluding hydrogens is 490 g/mol. The van der Waals surface area contributed by atoms with Crippen LogP contribution in [0.3, 0.4) is 0 Å². The number of fused-ring (bicyclic) bond motifs is 1. The van der Waals surface area contributed by atoms with Crippen LogP contribution in [0.2, 0.25) is 0 Å². The van der Waals surface area contributed by atoms with Gasteiger partial charge in [0.1, 0.15) is 5.82 Å². The molecule has 0 N–H and O–H groups in total. The van der Waals surface area contributed by atoms with Crippen molar-refractivity contribution in [1.29, 1.82) is 0 Å². The van der Waals surface area contributed by atoms with E-state index in [1.807, 2.05) is 19.9 Å². The van der Waals surface area contributed by atoms with E-state index in [-0.39, 0.29) is 18.1 Å². The number of methoxy groups -OCH3 is 1. The average molecular weight is 516 g/mol. The summed E-state index contributed by atoms with van der Waals surface area (Å²) in [6, 6.07) is 10.6. The first-order chi connectivity index (χ1) is 15.8. The van der Waals surface area contributed by atoms with Crippen molar-refractivity contribution in [3.05, 3.63) is 62.6 Å². The molecule has 0 fully saturated rings. The van der Waals surface area contributed by atoms with Crippen molar-refractivity contribution in [1.82, 2.24) is 9.66 Å². The fourth-order valence-corrected chi connectivity index (χ4v) is 3.54. The van der Waals surface area contributed by atoms with Gasteiger partial charge in [0, 0.05) is 16.0 Å². The lowest BCUT2D eigenvalue weighted by Gasteiger charge is -2.17. The van der Waals surface area contributed by atoms with Crippen LogP contribution in [-0.4, -0.2) is 41.7 Å². The molecule has 0 aliphatic rings. The van der Waals surface area contributed by atoms with Gasteiger partial charge in [0.2, 0.25) is 0 Å². The van der Waals surface area contributed by atoms with E-state index in [1.165, 1.54) is 18.0 Å². The lowest BCUT2D eigenvalue weighted by molar-refractivity contribution is -0.150. The van der Waals surface area contributed by atoms with Gasteiger partial charge in [-0.1, -0.05) is 35.8 Å². The Kier molecular flexibility index (Phi) is 7.86. The second kappa shape index (κ2) is 10.6. The van der Waals surface area contributed by atoms with Gasteiger partial charge in [-0.25, -0.2) is 9.78 Å². The molecule has 9 heteroatoms. The van der Waals surface area contributed by atoms with E-state index in [0.29, 0.717) is 33.8 Å². The van der Waals surface area contributed by atoms with Crippen molar-refractivity contribution in [3.8, 4) is 11.5 Å². The summed E-state index contributed by atoms with van der Waals surface area (Å²) in [5.41, 5.74) is 0.847. The Hall–Kier alpha value is -3.20. The van der Waals surface area contributed by atoms with Gasteiger partial charge in [0.05, 0.1) is 30.8 Å². The van der Waals surface area contributed by atoms with Crippen LogP contribution < -0.4 is 15.0 Å². The first-order valence-corrected chi connectivity index (χ1v) is 11.3. The van der Waals surface area contributed by atoms with Crippen LogP contribution in [0.1, 0.15) is 45.0 Å². The van der Waals surface area contributed by atoms with Crippen LogP contribution in [0.4, 0.5) is 0 Å². The van der Waals surface area contributed by atoms with Crippen molar-refractivity contribution < 1.29 is 19.0 Å². The molecule has 0 radical (unpaired) electrons. The third kappa shape index (κ3) is 5.42. The SMILES string of the molecule is CCOC(=O)[C@H](C)Oc1c(C=Nn2c(C(C)C)nc3ccc(Br)cc3c2=O)cccc1OC. The summed E-state index contributed by atoms with van der Waals surface area (Å²) in [5.74, 6) is 0.727. The molecule has 0 saturated carbocycles. The standard InChI is InChI=1S/C24H26BrN3O5/c1-6-32-24(30)15(4)33-21-16(8-7-9-20(21)31-5)13-26-28-22(14(2)3)27-19-11-10-17(25)12-18(19)23(28)29/h7-15H,6H2,1-5H3/t15-/m0/s1. The van der Waals surface area contributed by atoms with E-state index in [1.54, 1.807) is 44.2 Å². The third-order valence-electron chi connectivity index (χ3n) is 4.80. The molecule has 3 rings (SSSR count). The largest absolute Gasteiger partial charge is 0.493 e. The molecule has 0 unspecified atom stereocenters. The van der Waals surface area contributed by atoms with E-state index in [0.717, 1.165) is 4.47 Å². The lowest BCUT2D eigenvalue weighted by atomic mass is 10.2. The molecule has 0 bridgehead atoms. The first kappa shape index (κ1) is 24.4. The van der Waals surface area contributed by atoms with E-state index in [9.17, 15) is 9.59 Å². The van der Waals surface area contributed by atoms with Gasteiger partial charge in [-0.15, -0.1) is 0 Å². The Labute approximate surface area is 200 Å². The molecule has 0 spiro atoms. The van der Waals surface area contributed by atoms with Crippen LogP contribution in [0.5, 0.6) is 11.5 Å². The van der Waals surface area contributed by atoms with Crippen molar-refractivity contribution in [2.24, 2.45) is 5.10 Å². The highest BCUT2D eigenvalue weighted by Crippen LogP contribution is 2.31. The molecule has 2 aromatic carbocycles. The number of rotatable bonds is 8. The van der Waals surface area contributed by atoms with Crippen LogP contribution >= 0.6 is 15.9 Å². The Morgan fingerprint density at radius 2 is 2.00 bits per heavy atom. The summed E-state index contributed by atoms with van der Waals surface area (Å²) in [7, 11) is 1.50. The topological polar surface area (TPSA) is 92.0 Å². The van der Waals surface area contributed by atoms with Gasteiger partial charge in [-0.05, 0) is 44.2 Å². The minimum Gasteiger partial charge on any atom is -0.493 e. The number of carbonyl (C=O) groups is 1. The maximum atomic E-state index is 13.2. The van der Waals surface area contributed by atoms with Gasteiger partial charge >= 0.3 is 5.97 Å². The predicted octanol–water partition coefficient (Wildman–Crippen LogP) is 4.50. The highest BCUT2D eigenvalue weighted by atomic mass is 79.9. The number of hydrogen-bond acceptors (Lipinski definition) is 7. The number of carbonyl (C=O) groups excluding carboxylic acids is 1. The summed E-state index contributed by atoms with van der Waals surface area (Å²) >= 11 is 3.40. The van der Waals surface area contributed by atoms with E-state index in [4.69, 9.17) is 14.2 Å². The van der Waals surface area contributed by atoms with Gasteiger partial charge in [-0.3, -0.25) is 4.79 Å². The third-order valence-corrected chi connectivity index (χ3v) is 5.30. The normalized spacial score (nSPS) is 12.3. The van der Waals surface area contributed by atoms with Crippen LogP contribution in [-0.2, 0) is 9.53 Å². The maximum absolute atomic E-state index is 13.2. The zero-order chi connectivity index (χ0) is 24.1. The quantitative estimate of drug-likeness (QED) is 0.323. The van der Waals surface area contributed by atoms with Gasteiger partial charge in [-0.2, -0.15) is 9.78 Å². The number of aromatic nitrogens is 2. The van der Waals surface area contributed by atoms with E-state index in [2.05, 4.69) is 26.0 Å². The second-order valence-electron chi connectivity index (χ2n) is 7.54. The number of nitrogens with zero attached hydrogens (tertiary/aromatic N) is 3. The summed E-state index contributed by atoms with van der Waals surface area (Å²) in [4.78, 5) is 30.0. The van der Waals surface area contributed by atoms with Crippen LogP contribution in [0, 0.1) is 0 Å². The Bertz CT molecular complexity index is 1250. The van der Waals surface area contributed by atoms with Gasteiger partial charge < -0.3 is 14.2 Å². The lowest BCUT2D eigenvalue weighted by Crippen LogP contribution is -2.26. The van der Waals surface area contributed by atoms with Crippen molar-refractivity contribution >= 4 is 39.0 Å². The summed E-state index contributed by atoms with van der Waals surface area (Å²) in [6.07, 6.45) is 0.635. The Morgan fingerprint density at radius 1 is 1.24 bits per heavy atom. The molecule has 1 atom stereocenters. The molecule has 8 nitrogen and oxygen atoms in total. The van der Waals surface area contributed by atoms with Crippen molar-refractivity contribution in [2.45, 2.75) is 39.7 Å². The summed E-state index contributed by atoms with van der Waals surface area (Å²) in [6.45, 7) is 7.46. The Balaban J connectivity index is 2.10. The molecule has 0 saturated heterocycles. The minimum atomic E-state index is -0.859. The number of halogens is 1. The summed E-state index contributed by atoms with van der Waals surface area (Å²) in [5, 5.41) is 4.90. The van der Waals surface area contributed by atoms with Crippen LogP contribution in [0.25, 0.3) is 10.9 Å². The maximum Gasteiger partial charge on any atom is 0.347 e. The predicted molar refractivity (Wildman–Crippen MR) is 131 cm³/mol. The minimum absolute atomic E-state index is 0.0484. The highest BCUT2D eigenvalue weighted by molar-refractivity contribution is 9.10. The van der Waals surface area contributed by atoms with Crippen LogP contribution in [0.15, 0.2) is 50.8 Å². The number of ether oxygens (including phenoxy) is 3. The smallest absolute Gasteiger partial charge is 0.347 e. The molecular formula is C24H26BrN3O5. The average Bonchev–Trinajstić information content (AvgIpc) is 2.79. The molecule has 0 aliphatic heterocycles. The summed E-state index contributed by atoms with van der Waals surface area (Å²) < 4.78 is 18.4. The number of benzene rings is 2. The van der Waals surface area contributed by atoms with Gasteiger partial charge in [0.25, 0.3) is 5.56 Å². The number of para-hydroxylation sites is 1. The molecule has 174 valence electrons. The monoisotopic (exact) mass is 515 g/mol. The second-order valence-corrected chi connectivity index (χ2v) is 8.45. The van der Waals surface area contributed by atoms with Gasteiger partial charge in [0.15, 0.2) is 17.6 Å². The van der Waals surface area contributed by atoms with E-state index < -0.39 is 12.1 Å². The molecule has 1 heterocycles. The number of esters is 1.